The lowest BCUT2D eigenvalue weighted by atomic mass is 10.1. The molecule has 1 aliphatic heterocycles. The first-order valence-electron chi connectivity index (χ1n) is 4.71. The summed E-state index contributed by atoms with van der Waals surface area (Å²) < 4.78 is 0. The van der Waals surface area contributed by atoms with E-state index in [1.165, 1.54) is 0 Å². The molecule has 14 heavy (non-hydrogen) atoms. The number of fused-ring (bicyclic) bond motifs is 1. The molecular weight excluding hydrogens is 178 g/mol. The first-order valence-corrected chi connectivity index (χ1v) is 4.71. The Morgan fingerprint density at radius 2 is 2.43 bits per heavy atom. The summed E-state index contributed by atoms with van der Waals surface area (Å²) in [5.41, 5.74) is 1.83. The van der Waals surface area contributed by atoms with Crippen LogP contribution in [0.5, 0.6) is 0 Å². The van der Waals surface area contributed by atoms with Gasteiger partial charge in [0.25, 0.3) is 0 Å². The first-order chi connectivity index (χ1) is 6.74. The highest BCUT2D eigenvalue weighted by molar-refractivity contribution is 6.03. The van der Waals surface area contributed by atoms with E-state index >= 15 is 0 Å². The summed E-state index contributed by atoms with van der Waals surface area (Å²) in [4.78, 5) is 17.6. The fourth-order valence-corrected chi connectivity index (χ4v) is 1.81. The zero-order valence-electron chi connectivity index (χ0n) is 8.32. The molecule has 0 spiro atoms. The molecule has 0 aliphatic carbocycles. The minimum absolute atomic E-state index is 0.0514. The first kappa shape index (κ1) is 8.99. The lowest BCUT2D eigenvalue weighted by Gasteiger charge is -2.34. The Hall–Kier alpha value is -1.58. The molecule has 0 saturated carbocycles. The molecule has 1 amide bonds. The standard InChI is InChI=1S/C10H13N3O/c1-3-8-10(14)12-7-6-11-5-4-9(7)13(8)2/h4-6,8H,3H2,1-2H3,(H,12,14). The Labute approximate surface area is 82.9 Å². The maximum absolute atomic E-state index is 11.6. The van der Waals surface area contributed by atoms with E-state index in [1.807, 2.05) is 24.9 Å². The van der Waals surface area contributed by atoms with Gasteiger partial charge in [0, 0.05) is 13.2 Å². The molecule has 0 aromatic carbocycles. The number of carbonyl (C=O) groups is 1. The Morgan fingerprint density at radius 1 is 1.64 bits per heavy atom. The lowest BCUT2D eigenvalue weighted by molar-refractivity contribution is -0.117. The van der Waals surface area contributed by atoms with Gasteiger partial charge in [0.2, 0.25) is 5.91 Å². The average Bonchev–Trinajstić information content (AvgIpc) is 2.18. The number of amides is 1. The van der Waals surface area contributed by atoms with Gasteiger partial charge in [0.1, 0.15) is 6.04 Å². The Bertz CT molecular complexity index is 364. The molecule has 0 fully saturated rings. The van der Waals surface area contributed by atoms with E-state index in [-0.39, 0.29) is 11.9 Å². The SMILES string of the molecule is CCC1C(=O)Nc2cnccc2N1C. The summed E-state index contributed by atoms with van der Waals surface area (Å²) in [5.74, 6) is 0.0514. The summed E-state index contributed by atoms with van der Waals surface area (Å²) >= 11 is 0. The molecule has 1 aromatic heterocycles. The second-order valence-corrected chi connectivity index (χ2v) is 3.42. The summed E-state index contributed by atoms with van der Waals surface area (Å²) in [5, 5.41) is 2.85. The number of nitrogens with one attached hydrogen (secondary N) is 1. The molecule has 0 bridgehead atoms. The second-order valence-electron chi connectivity index (χ2n) is 3.42. The molecule has 1 aromatic rings. The predicted octanol–water partition coefficient (Wildman–Crippen LogP) is 1.25. The zero-order chi connectivity index (χ0) is 10.1. The largest absolute Gasteiger partial charge is 0.361 e. The van der Waals surface area contributed by atoms with Crippen LogP contribution in [0.15, 0.2) is 18.5 Å². The third-order valence-corrected chi connectivity index (χ3v) is 2.59. The summed E-state index contributed by atoms with van der Waals surface area (Å²) in [6.45, 7) is 2.01. The summed E-state index contributed by atoms with van der Waals surface area (Å²) in [6, 6.07) is 1.85. The Balaban J connectivity index is 2.43. The van der Waals surface area contributed by atoms with Gasteiger partial charge in [-0.1, -0.05) is 6.92 Å². The van der Waals surface area contributed by atoms with Crippen molar-refractivity contribution in [1.82, 2.24) is 4.98 Å². The van der Waals surface area contributed by atoms with Crippen LogP contribution in [-0.4, -0.2) is 24.0 Å². The number of nitrogens with zero attached hydrogens (tertiary/aromatic N) is 2. The maximum Gasteiger partial charge on any atom is 0.247 e. The minimum Gasteiger partial charge on any atom is -0.361 e. The minimum atomic E-state index is -0.0649. The number of aromatic nitrogens is 1. The van der Waals surface area contributed by atoms with Crippen molar-refractivity contribution >= 4 is 17.3 Å². The Kier molecular flexibility index (Phi) is 2.11. The van der Waals surface area contributed by atoms with Crippen LogP contribution in [0.1, 0.15) is 13.3 Å². The number of anilines is 2. The third kappa shape index (κ3) is 1.23. The van der Waals surface area contributed by atoms with Crippen LogP contribution in [0, 0.1) is 0 Å². The van der Waals surface area contributed by atoms with Crippen LogP contribution in [0.2, 0.25) is 0 Å². The maximum atomic E-state index is 11.6. The van der Waals surface area contributed by atoms with Gasteiger partial charge in [0.05, 0.1) is 17.6 Å². The molecule has 1 N–H and O–H groups in total. The van der Waals surface area contributed by atoms with E-state index in [1.54, 1.807) is 12.4 Å². The van der Waals surface area contributed by atoms with E-state index < -0.39 is 0 Å². The molecule has 2 rings (SSSR count). The third-order valence-electron chi connectivity index (χ3n) is 2.59. The molecule has 1 aliphatic rings. The quantitative estimate of drug-likeness (QED) is 0.726. The Morgan fingerprint density at radius 3 is 3.14 bits per heavy atom. The van der Waals surface area contributed by atoms with Crippen LogP contribution in [0.3, 0.4) is 0 Å². The molecule has 4 heteroatoms. The van der Waals surface area contributed by atoms with Crippen molar-refractivity contribution in [3.05, 3.63) is 18.5 Å². The normalized spacial score (nSPS) is 20.3. The number of rotatable bonds is 1. The number of hydrogen-bond acceptors (Lipinski definition) is 3. The number of hydrogen-bond donors (Lipinski definition) is 1. The molecule has 1 unspecified atom stereocenters. The monoisotopic (exact) mass is 191 g/mol. The highest BCUT2D eigenvalue weighted by Gasteiger charge is 2.28. The van der Waals surface area contributed by atoms with E-state index in [0.29, 0.717) is 0 Å². The highest BCUT2D eigenvalue weighted by Crippen LogP contribution is 2.30. The molecule has 0 saturated heterocycles. The molecule has 0 radical (unpaired) electrons. The van der Waals surface area contributed by atoms with Crippen molar-refractivity contribution < 1.29 is 4.79 Å². The lowest BCUT2D eigenvalue weighted by Crippen LogP contribution is -2.45. The second kappa shape index (κ2) is 3.29. The fraction of sp³-hybridized carbons (Fsp3) is 0.400. The van der Waals surface area contributed by atoms with E-state index in [0.717, 1.165) is 17.8 Å². The van der Waals surface area contributed by atoms with Crippen LogP contribution in [-0.2, 0) is 4.79 Å². The van der Waals surface area contributed by atoms with E-state index in [4.69, 9.17) is 0 Å². The van der Waals surface area contributed by atoms with E-state index in [9.17, 15) is 4.79 Å². The van der Waals surface area contributed by atoms with Crippen LogP contribution in [0.4, 0.5) is 11.4 Å². The van der Waals surface area contributed by atoms with E-state index in [2.05, 4.69) is 10.3 Å². The summed E-state index contributed by atoms with van der Waals surface area (Å²) in [6.07, 6.45) is 4.22. The fourth-order valence-electron chi connectivity index (χ4n) is 1.81. The van der Waals surface area contributed by atoms with Gasteiger partial charge in [-0.15, -0.1) is 0 Å². The van der Waals surface area contributed by atoms with Gasteiger partial charge < -0.3 is 10.2 Å². The molecular formula is C10H13N3O. The van der Waals surface area contributed by atoms with Crippen molar-refractivity contribution in [1.29, 1.82) is 0 Å². The van der Waals surface area contributed by atoms with Gasteiger partial charge in [0.15, 0.2) is 0 Å². The predicted molar refractivity (Wildman–Crippen MR) is 55.3 cm³/mol. The van der Waals surface area contributed by atoms with Crippen molar-refractivity contribution in [2.24, 2.45) is 0 Å². The highest BCUT2D eigenvalue weighted by atomic mass is 16.2. The average molecular weight is 191 g/mol. The van der Waals surface area contributed by atoms with Gasteiger partial charge in [-0.2, -0.15) is 0 Å². The number of likely N-dealkylation sites (N-methyl/N-ethyl adjacent to an activating group) is 1. The molecule has 74 valence electrons. The zero-order valence-corrected chi connectivity index (χ0v) is 8.32. The van der Waals surface area contributed by atoms with Crippen molar-refractivity contribution in [3.63, 3.8) is 0 Å². The van der Waals surface area contributed by atoms with Crippen molar-refractivity contribution in [3.8, 4) is 0 Å². The number of pyridine rings is 1. The van der Waals surface area contributed by atoms with Crippen LogP contribution in [0.25, 0.3) is 0 Å². The smallest absolute Gasteiger partial charge is 0.247 e. The molecule has 2 heterocycles. The molecule has 1 atom stereocenters. The van der Waals surface area contributed by atoms with Gasteiger partial charge in [-0.05, 0) is 12.5 Å². The van der Waals surface area contributed by atoms with Gasteiger partial charge >= 0.3 is 0 Å². The van der Waals surface area contributed by atoms with Gasteiger partial charge in [-0.25, -0.2) is 0 Å². The van der Waals surface area contributed by atoms with Crippen LogP contribution < -0.4 is 10.2 Å². The van der Waals surface area contributed by atoms with Crippen molar-refractivity contribution in [2.45, 2.75) is 19.4 Å². The topological polar surface area (TPSA) is 45.2 Å². The summed E-state index contributed by atoms with van der Waals surface area (Å²) in [7, 11) is 1.94. The van der Waals surface area contributed by atoms with Crippen LogP contribution >= 0.6 is 0 Å². The molecule has 4 nitrogen and oxygen atoms in total. The number of carbonyl (C=O) groups excluding carboxylic acids is 1. The van der Waals surface area contributed by atoms with Crippen molar-refractivity contribution in [2.75, 3.05) is 17.3 Å². The van der Waals surface area contributed by atoms with Gasteiger partial charge in [-0.3, -0.25) is 9.78 Å².